The van der Waals surface area contributed by atoms with Crippen molar-refractivity contribution < 1.29 is 161 Å². The number of rotatable bonds is 26. The lowest BCUT2D eigenvalue weighted by atomic mass is 9.51. The minimum atomic E-state index is -2.35. The van der Waals surface area contributed by atoms with Crippen LogP contribution in [0.4, 0.5) is 21.0 Å². The number of ketones is 3. The zero-order valence-electron chi connectivity index (χ0n) is 79.8. The molecule has 16 N–H and O–H groups in total. The van der Waals surface area contributed by atoms with Crippen molar-refractivity contribution in [2.45, 2.75) is 215 Å². The predicted octanol–water partition coefficient (Wildman–Crippen LogP) is 8.90. The molecule has 18 atom stereocenters. The van der Waals surface area contributed by atoms with Gasteiger partial charge < -0.3 is 135 Å². The molecule has 776 valence electrons. The number of nitro benzene ring substituents is 2. The second-order valence-corrected chi connectivity index (χ2v) is 39.2. The number of halogens is 2. The molecule has 0 aromatic heterocycles. The fraction of sp³-hybridized carbons (Fsp3) is 0.475. The van der Waals surface area contributed by atoms with E-state index in [1.165, 1.54) is 72.6 Å². The van der Waals surface area contributed by atoms with Crippen molar-refractivity contribution in [3.63, 3.8) is 0 Å². The summed E-state index contributed by atoms with van der Waals surface area (Å²) in [5.74, 6) is -18.2. The molecule has 0 radical (unpaired) electrons. The van der Waals surface area contributed by atoms with Crippen LogP contribution in [0.5, 0.6) is 69.0 Å². The van der Waals surface area contributed by atoms with E-state index in [1.807, 2.05) is 0 Å². The molecule has 145 heavy (non-hydrogen) atoms. The quantitative estimate of drug-likeness (QED) is 0.0178. The molecule has 4 aliphatic carbocycles. The minimum absolute atomic E-state index is 0.0184. The number of methoxy groups -OCH3 is 4. The van der Waals surface area contributed by atoms with Crippen LogP contribution >= 0.6 is 23.2 Å². The first-order valence-corrected chi connectivity index (χ1v) is 47.5. The minimum Gasteiger partial charge on any atom is -0.508 e. The lowest BCUT2D eigenvalue weighted by Crippen LogP contribution is -2.66. The lowest BCUT2D eigenvalue weighted by Gasteiger charge is -2.54. The normalized spacial score (nSPS) is 27.7. The second-order valence-electron chi connectivity index (χ2n) is 38.4. The number of primary amides is 1. The summed E-state index contributed by atoms with van der Waals surface area (Å²) in [6.45, 7) is 3.40. The van der Waals surface area contributed by atoms with Crippen molar-refractivity contribution in [1.29, 1.82) is 0 Å². The number of hydrogen-bond acceptors (Lipinski definition) is 35. The van der Waals surface area contributed by atoms with Gasteiger partial charge in [-0.25, -0.2) is 9.59 Å². The van der Waals surface area contributed by atoms with Gasteiger partial charge in [-0.05, 0) is 182 Å². The maximum atomic E-state index is 16.8. The van der Waals surface area contributed by atoms with Crippen molar-refractivity contribution in [3.05, 3.63) is 172 Å². The highest BCUT2D eigenvalue weighted by molar-refractivity contribution is 6.32. The van der Waals surface area contributed by atoms with Crippen molar-refractivity contribution in [2.24, 2.45) is 47.2 Å². The molecule has 7 amide bonds. The number of phenolic OH excluding ortho intramolecular Hbond substituents is 3. The zero-order valence-corrected chi connectivity index (χ0v) is 81.3. The Morgan fingerprint density at radius 3 is 1.77 bits per heavy atom. The SMILES string of the molecule is COc1cc(COC(=O)N[C@@]2(C)C[C@H](O[C@H]3[C@H](Oc4c5cc6cc4Oc4ccc(cc4Cl)[C@@H](O)[C@@H](NC(=O)[C@@H](CC(C)C)N(C)C(=O)OCc4cc(OC)c(OC)cc4[N+](=O)[O-])C(=O)C[C@@H](CC(N)=O)C(=O)N[C@H]6C(=O)C[C@H]4C(=O)N[C@H](C(=O)N[C@H](C(=O)CC6C7CC8CC(C7)CC6C8)c6cc(O)cc(O)c6-c6cc4ccc6O)[C@H](O)c4ccc(c(Cl)c4)O5)O[C@H](CO)[C@@H](O)[C@@H]3O)O[C@@H](C)[C@H]2O)c([N+](=O)[O-])cc1OC. The third-order valence-electron chi connectivity index (χ3n) is 28.3. The van der Waals surface area contributed by atoms with Crippen molar-refractivity contribution in [1.82, 2.24) is 31.5 Å². The molecular formula is C99H111Cl2N9O35. The summed E-state index contributed by atoms with van der Waals surface area (Å²) in [7, 11) is 6.15. The van der Waals surface area contributed by atoms with E-state index in [0.29, 0.717) is 11.8 Å². The number of likely N-dealkylation sites (N-methyl/N-ethyl adjacent to an activating group) is 1. The van der Waals surface area contributed by atoms with Gasteiger partial charge in [0.15, 0.2) is 64.2 Å². The van der Waals surface area contributed by atoms with Crippen LogP contribution in [0.1, 0.15) is 167 Å². The van der Waals surface area contributed by atoms with Gasteiger partial charge in [-0.2, -0.15) is 0 Å². The Morgan fingerprint density at radius 1 is 0.641 bits per heavy atom. The average Bonchev–Trinajstić information content (AvgIpc) is 0.756. The van der Waals surface area contributed by atoms with Crippen LogP contribution in [-0.4, -0.2) is 235 Å². The number of nitrogens with zero attached hydrogens (tertiary/aromatic N) is 3. The lowest BCUT2D eigenvalue weighted by molar-refractivity contribution is -0.386. The van der Waals surface area contributed by atoms with Crippen LogP contribution in [0.2, 0.25) is 10.0 Å². The van der Waals surface area contributed by atoms with Crippen LogP contribution < -0.4 is 65.5 Å². The first-order valence-electron chi connectivity index (χ1n) is 46.7. The van der Waals surface area contributed by atoms with E-state index in [2.05, 4.69) is 26.6 Å². The van der Waals surface area contributed by atoms with E-state index in [-0.39, 0.29) is 98.1 Å². The summed E-state index contributed by atoms with van der Waals surface area (Å²) in [6, 6.07) is 8.39. The molecule has 11 aliphatic rings. The molecule has 7 aliphatic heterocycles. The van der Waals surface area contributed by atoms with E-state index < -0.39 is 302 Å². The number of amides is 7. The fourth-order valence-electron chi connectivity index (χ4n) is 21.1. The third kappa shape index (κ3) is 22.5. The Balaban J connectivity index is 0.868. The summed E-state index contributed by atoms with van der Waals surface area (Å²) in [5, 5.41) is 146. The molecule has 44 nitrogen and oxygen atoms in total. The molecule has 0 spiro atoms. The molecule has 18 rings (SSSR count). The van der Waals surface area contributed by atoms with Crippen molar-refractivity contribution in [2.75, 3.05) is 42.1 Å². The molecule has 6 fully saturated rings. The van der Waals surface area contributed by atoms with Gasteiger partial charge in [-0.3, -0.25) is 63.5 Å². The first-order chi connectivity index (χ1) is 68.9. The predicted molar refractivity (Wildman–Crippen MR) is 505 cm³/mol. The van der Waals surface area contributed by atoms with Gasteiger partial charge in [0, 0.05) is 56.3 Å². The van der Waals surface area contributed by atoms with Crippen LogP contribution in [0.25, 0.3) is 11.1 Å². The van der Waals surface area contributed by atoms with Gasteiger partial charge in [-0.15, -0.1) is 0 Å². The number of ether oxygens (including phenoxy) is 12. The molecule has 0 unspecified atom stereocenters. The number of nitrogens with two attached hydrogens (primary N) is 1. The molecule has 4 saturated carbocycles. The third-order valence-corrected chi connectivity index (χ3v) is 28.9. The highest BCUT2D eigenvalue weighted by Gasteiger charge is 2.55. The molecule has 7 heterocycles. The Hall–Kier alpha value is -13.5. The summed E-state index contributed by atoms with van der Waals surface area (Å²) in [5.41, 5.74) is 0.433. The molecule has 2 saturated heterocycles. The number of fused-ring (bicyclic) bond motifs is 15. The number of Topliss-reactive ketones (excluding diaryl/α,β-unsaturated/α-hetero) is 3. The Morgan fingerprint density at radius 2 is 1.21 bits per heavy atom. The number of nitrogens with one attached hydrogen (secondary N) is 5. The number of alkyl carbamates (subject to hydrolysis) is 1. The van der Waals surface area contributed by atoms with Crippen LogP contribution in [0.3, 0.4) is 0 Å². The zero-order chi connectivity index (χ0) is 105. The Kier molecular flexibility index (Phi) is 31.9. The van der Waals surface area contributed by atoms with Gasteiger partial charge >= 0.3 is 12.2 Å². The van der Waals surface area contributed by atoms with Gasteiger partial charge in [0.05, 0.1) is 102 Å². The van der Waals surface area contributed by atoms with Gasteiger partial charge in [0.25, 0.3) is 11.4 Å². The second kappa shape index (κ2) is 43.8. The van der Waals surface area contributed by atoms with Crippen LogP contribution in [0, 0.1) is 61.7 Å². The highest BCUT2D eigenvalue weighted by atomic mass is 35.5. The van der Waals surface area contributed by atoms with E-state index in [0.717, 1.165) is 117 Å². The Labute approximate surface area is 837 Å². The number of aliphatic hydroxyl groups is 6. The van der Waals surface area contributed by atoms with Gasteiger partial charge in [0.1, 0.15) is 109 Å². The number of aliphatic hydroxyl groups excluding tert-OH is 6. The van der Waals surface area contributed by atoms with E-state index in [4.69, 9.17) is 85.8 Å². The summed E-state index contributed by atoms with van der Waals surface area (Å²) >= 11 is 14.6. The van der Waals surface area contributed by atoms with E-state index >= 15 is 33.6 Å². The maximum Gasteiger partial charge on any atom is 0.410 e. The van der Waals surface area contributed by atoms with Crippen molar-refractivity contribution >= 4 is 93.6 Å². The Bertz CT molecular complexity index is 6200. The smallest absolute Gasteiger partial charge is 0.410 e. The maximum absolute atomic E-state index is 16.8. The molecule has 15 bridgehead atoms. The standard InChI is InChI=1S/C99H111Cl2N9O35/c1-41(2)16-63(108(5)98(129)139-40-53-29-72(135-7)74(137-9)36-62(53)110(132)133)94(126)105-83-66(115)25-51(30-78(102)118)92(124)103-81-50-26-75(141-69-14-11-46(85(83)119)23-59(69)100)89(145-96-90(88(122)87(121)77(38-111)143-96)144-79-37-99(4,91(123)42(3)140-79)107-97(128)138-39-52-28-71(134-6)73(136-8)35-61(52)109(130)131)76(27-50)142-70-15-12-47(24-60(70)101)86(120)84-95(127)104-82(68(117)33-55-48-18-43-17-44(20-48)21-49(55)19-43)58-31-54(112)32-65(114)80(58)57-22-45(10-13-64(57)113)56(34-67(81)116)93(125)106-84/h10-15,22-24,26-29,31-32,35-36,41-44,48-49,51,55-56,63,77,79,81-88,90-91,96,111-114,119-123H,16-21,25,30,33-34,37-40H2,1-9H3,(H2,102,118)(H,103,124)(H,104,127)(H,105,126)(H,106,125)(H,107,128)/t42-,43?,44?,48?,49?,51-,55?,56+,63+,77+,79-,81+,82-,83-,84-,85+,86+,87+,88-,90+,91+,96-,99-/m0/s1. The first kappa shape index (κ1) is 106. The van der Waals surface area contributed by atoms with Crippen molar-refractivity contribution in [3.8, 4) is 80.1 Å². The molecule has 7 aromatic rings. The topological polar surface area (TPSA) is 639 Å². The van der Waals surface area contributed by atoms with Crippen LogP contribution in [-0.2, 0) is 75.3 Å². The van der Waals surface area contributed by atoms with Gasteiger partial charge in [0.2, 0.25) is 41.6 Å². The monoisotopic (exact) mass is 2060 g/mol. The largest absolute Gasteiger partial charge is 0.508 e. The number of hydrogen-bond donors (Lipinski definition) is 15. The molecule has 7 aromatic carbocycles. The average molecular weight is 2060 g/mol. The number of benzene rings is 7. The number of carbonyl (C=O) groups is 10. The fourth-order valence-corrected chi connectivity index (χ4v) is 21.6. The molecule has 46 heteroatoms. The number of carbonyl (C=O) groups excluding carboxylic acids is 10. The summed E-state index contributed by atoms with van der Waals surface area (Å²) in [4.78, 5) is 178. The number of phenols is 3. The number of aromatic hydroxyl groups is 3. The summed E-state index contributed by atoms with van der Waals surface area (Å²) < 4.78 is 71.8. The molecular weight excluding hydrogens is 1950 g/mol. The van der Waals surface area contributed by atoms with Crippen LogP contribution in [0.15, 0.2) is 103 Å². The van der Waals surface area contributed by atoms with E-state index in [9.17, 15) is 80.6 Å². The summed E-state index contributed by atoms with van der Waals surface area (Å²) in [6.07, 6.45) is -22.1. The number of nitro groups is 2. The highest BCUT2D eigenvalue weighted by Crippen LogP contribution is 2.59. The van der Waals surface area contributed by atoms with E-state index in [1.54, 1.807) is 13.8 Å². The van der Waals surface area contributed by atoms with Gasteiger partial charge in [-0.1, -0.05) is 55.2 Å².